The van der Waals surface area contributed by atoms with Crippen LogP contribution in [0.4, 0.5) is 4.39 Å². The van der Waals surface area contributed by atoms with Crippen LogP contribution in [0.2, 0.25) is 0 Å². The van der Waals surface area contributed by atoms with Crippen LogP contribution in [0.15, 0.2) is 18.2 Å². The van der Waals surface area contributed by atoms with Gasteiger partial charge in [-0.05, 0) is 38.5 Å². The number of hydrogen-bond donors (Lipinski definition) is 0. The summed E-state index contributed by atoms with van der Waals surface area (Å²) in [5, 5.41) is 0. The summed E-state index contributed by atoms with van der Waals surface area (Å²) >= 11 is 0. The first kappa shape index (κ1) is 12.1. The Kier molecular flexibility index (Phi) is 4.72. The summed E-state index contributed by atoms with van der Waals surface area (Å²) in [4.78, 5) is 0. The van der Waals surface area contributed by atoms with E-state index in [0.29, 0.717) is 18.8 Å². The van der Waals surface area contributed by atoms with Crippen LogP contribution >= 0.6 is 0 Å². The van der Waals surface area contributed by atoms with E-state index in [2.05, 4.69) is 0 Å². The van der Waals surface area contributed by atoms with Crippen LogP contribution in [-0.4, -0.2) is 13.2 Å². The van der Waals surface area contributed by atoms with Crippen LogP contribution in [-0.2, 0) is 9.47 Å². The van der Waals surface area contributed by atoms with Gasteiger partial charge in [0, 0.05) is 18.8 Å². The van der Waals surface area contributed by atoms with Crippen molar-refractivity contribution in [2.24, 2.45) is 0 Å². The third-order valence-corrected chi connectivity index (χ3v) is 2.09. The highest BCUT2D eigenvalue weighted by molar-refractivity contribution is 5.24. The van der Waals surface area contributed by atoms with Crippen LogP contribution in [0.3, 0.4) is 0 Å². The molecule has 0 atom stereocenters. The van der Waals surface area contributed by atoms with Gasteiger partial charge in [0.1, 0.15) is 5.82 Å². The van der Waals surface area contributed by atoms with Crippen molar-refractivity contribution in [3.63, 3.8) is 0 Å². The van der Waals surface area contributed by atoms with Crippen LogP contribution in [0.5, 0.6) is 0 Å². The fourth-order valence-corrected chi connectivity index (χ4v) is 1.36. The Labute approximate surface area is 90.0 Å². The lowest BCUT2D eigenvalue weighted by molar-refractivity contribution is -0.140. The van der Waals surface area contributed by atoms with Crippen molar-refractivity contribution in [2.45, 2.75) is 27.1 Å². The number of benzene rings is 1. The molecule has 0 heterocycles. The first-order valence-electron chi connectivity index (χ1n) is 5.18. The van der Waals surface area contributed by atoms with Gasteiger partial charge in [-0.3, -0.25) is 0 Å². The van der Waals surface area contributed by atoms with Crippen molar-refractivity contribution in [3.8, 4) is 0 Å². The zero-order valence-electron chi connectivity index (χ0n) is 9.42. The van der Waals surface area contributed by atoms with Gasteiger partial charge in [0.15, 0.2) is 6.29 Å². The molecule has 1 aromatic rings. The lowest BCUT2D eigenvalue weighted by Gasteiger charge is -2.17. The van der Waals surface area contributed by atoms with Crippen molar-refractivity contribution in [1.29, 1.82) is 0 Å². The molecule has 0 aliphatic rings. The molecule has 0 bridgehead atoms. The Morgan fingerprint density at radius 2 is 1.80 bits per heavy atom. The molecule has 84 valence electrons. The van der Waals surface area contributed by atoms with E-state index in [1.165, 1.54) is 6.07 Å². The minimum Gasteiger partial charge on any atom is -0.349 e. The minimum atomic E-state index is -0.390. The third-order valence-electron chi connectivity index (χ3n) is 2.09. The molecule has 0 fully saturated rings. The van der Waals surface area contributed by atoms with Gasteiger partial charge in [0.2, 0.25) is 0 Å². The van der Waals surface area contributed by atoms with E-state index in [9.17, 15) is 4.39 Å². The highest BCUT2D eigenvalue weighted by Gasteiger charge is 2.12. The normalized spacial score (nSPS) is 11.0. The lowest BCUT2D eigenvalue weighted by Crippen LogP contribution is -2.09. The Bertz CT molecular complexity index is 306. The summed E-state index contributed by atoms with van der Waals surface area (Å²) in [6, 6.07) is 4.89. The fourth-order valence-electron chi connectivity index (χ4n) is 1.36. The Balaban J connectivity index is 2.85. The maximum Gasteiger partial charge on any atom is 0.183 e. The molecule has 0 amide bonds. The molecule has 0 saturated carbocycles. The summed E-state index contributed by atoms with van der Waals surface area (Å²) in [7, 11) is 0. The van der Waals surface area contributed by atoms with Crippen molar-refractivity contribution < 1.29 is 13.9 Å². The number of aryl methyl sites for hydroxylation is 1. The molecule has 1 aromatic carbocycles. The van der Waals surface area contributed by atoms with Gasteiger partial charge in [0.25, 0.3) is 0 Å². The maximum absolute atomic E-state index is 13.1. The molecule has 0 N–H and O–H groups in total. The number of halogens is 1. The highest BCUT2D eigenvalue weighted by Crippen LogP contribution is 2.21. The van der Waals surface area contributed by atoms with E-state index >= 15 is 0 Å². The van der Waals surface area contributed by atoms with E-state index in [0.717, 1.165) is 5.56 Å². The molecule has 0 aliphatic heterocycles. The molecule has 15 heavy (non-hydrogen) atoms. The SMILES string of the molecule is CCOC(OCC)c1ccc(F)c(C)c1. The van der Waals surface area contributed by atoms with Gasteiger partial charge in [0.05, 0.1) is 0 Å². The second-order valence-corrected chi connectivity index (χ2v) is 3.25. The monoisotopic (exact) mass is 212 g/mol. The van der Waals surface area contributed by atoms with Crippen molar-refractivity contribution in [1.82, 2.24) is 0 Å². The second-order valence-electron chi connectivity index (χ2n) is 3.25. The molecule has 0 saturated heterocycles. The van der Waals surface area contributed by atoms with Gasteiger partial charge >= 0.3 is 0 Å². The smallest absolute Gasteiger partial charge is 0.183 e. The molecule has 0 aliphatic carbocycles. The van der Waals surface area contributed by atoms with Crippen LogP contribution < -0.4 is 0 Å². The largest absolute Gasteiger partial charge is 0.349 e. The first-order chi connectivity index (χ1) is 7.19. The summed E-state index contributed by atoms with van der Waals surface area (Å²) < 4.78 is 23.9. The number of ether oxygens (including phenoxy) is 2. The van der Waals surface area contributed by atoms with Gasteiger partial charge in [-0.1, -0.05) is 6.07 Å². The lowest BCUT2D eigenvalue weighted by atomic mass is 10.1. The van der Waals surface area contributed by atoms with E-state index in [1.54, 1.807) is 19.1 Å². The Hall–Kier alpha value is -0.930. The molecule has 3 heteroatoms. The molecule has 1 rings (SSSR count). The predicted octanol–water partition coefficient (Wildman–Crippen LogP) is 3.21. The maximum atomic E-state index is 13.1. The van der Waals surface area contributed by atoms with Gasteiger partial charge in [-0.15, -0.1) is 0 Å². The molecule has 0 aromatic heterocycles. The quantitative estimate of drug-likeness (QED) is 0.698. The zero-order valence-corrected chi connectivity index (χ0v) is 9.42. The van der Waals surface area contributed by atoms with Crippen molar-refractivity contribution in [2.75, 3.05) is 13.2 Å². The van der Waals surface area contributed by atoms with E-state index in [1.807, 2.05) is 13.8 Å². The summed E-state index contributed by atoms with van der Waals surface area (Å²) in [5.41, 5.74) is 1.47. The average molecular weight is 212 g/mol. The molecule has 0 unspecified atom stereocenters. The number of hydrogen-bond acceptors (Lipinski definition) is 2. The third kappa shape index (κ3) is 3.29. The molecular weight excluding hydrogens is 195 g/mol. The summed E-state index contributed by atoms with van der Waals surface area (Å²) in [5.74, 6) is -0.203. The summed E-state index contributed by atoms with van der Waals surface area (Å²) in [6.45, 7) is 6.68. The van der Waals surface area contributed by atoms with Crippen molar-refractivity contribution in [3.05, 3.63) is 35.1 Å². The molecule has 2 nitrogen and oxygen atoms in total. The zero-order chi connectivity index (χ0) is 11.3. The molecular formula is C12H17FO2. The predicted molar refractivity (Wildman–Crippen MR) is 57.1 cm³/mol. The van der Waals surface area contributed by atoms with E-state index < -0.39 is 0 Å². The van der Waals surface area contributed by atoms with Gasteiger partial charge < -0.3 is 9.47 Å². The van der Waals surface area contributed by atoms with E-state index in [-0.39, 0.29) is 12.1 Å². The van der Waals surface area contributed by atoms with Crippen LogP contribution in [0.25, 0.3) is 0 Å². The number of rotatable bonds is 5. The highest BCUT2D eigenvalue weighted by atomic mass is 19.1. The van der Waals surface area contributed by atoms with E-state index in [4.69, 9.17) is 9.47 Å². The van der Waals surface area contributed by atoms with Gasteiger partial charge in [-0.25, -0.2) is 4.39 Å². The second kappa shape index (κ2) is 5.83. The molecule has 0 radical (unpaired) electrons. The minimum absolute atomic E-state index is 0.203. The Morgan fingerprint density at radius 3 is 2.27 bits per heavy atom. The topological polar surface area (TPSA) is 18.5 Å². The van der Waals surface area contributed by atoms with Crippen molar-refractivity contribution >= 4 is 0 Å². The standard InChI is InChI=1S/C12H17FO2/c1-4-14-12(15-5-2)10-6-7-11(13)9(3)8-10/h6-8,12H,4-5H2,1-3H3. The van der Waals surface area contributed by atoms with Crippen LogP contribution in [0, 0.1) is 12.7 Å². The fraction of sp³-hybridized carbons (Fsp3) is 0.500. The first-order valence-corrected chi connectivity index (χ1v) is 5.18. The average Bonchev–Trinajstić information content (AvgIpc) is 2.22. The Morgan fingerprint density at radius 1 is 1.20 bits per heavy atom. The molecule has 0 spiro atoms. The summed E-state index contributed by atoms with van der Waals surface area (Å²) in [6.07, 6.45) is -0.390. The van der Waals surface area contributed by atoms with Gasteiger partial charge in [-0.2, -0.15) is 0 Å². The van der Waals surface area contributed by atoms with Crippen LogP contribution in [0.1, 0.15) is 31.3 Å².